The lowest BCUT2D eigenvalue weighted by Crippen LogP contribution is -1.96. The molecule has 1 heterocycles. The molecule has 2 N–H and O–H groups in total. The second-order valence-corrected chi connectivity index (χ2v) is 4.89. The summed E-state index contributed by atoms with van der Waals surface area (Å²) < 4.78 is 7.03. The van der Waals surface area contributed by atoms with E-state index in [0.717, 1.165) is 14.5 Å². The second-order valence-electron chi connectivity index (χ2n) is 3.12. The Bertz CT molecular complexity index is 556. The van der Waals surface area contributed by atoms with E-state index in [2.05, 4.69) is 63.0 Å². The first-order valence-electron chi connectivity index (χ1n) is 4.76. The van der Waals surface area contributed by atoms with Gasteiger partial charge in [0.1, 0.15) is 5.75 Å². The average Bonchev–Trinajstić information content (AvgIpc) is 2.81. The Labute approximate surface area is 119 Å². The predicted octanol–water partition coefficient (Wildman–Crippen LogP) is 2.18. The lowest BCUT2D eigenvalue weighted by atomic mass is 10.2. The fourth-order valence-electron chi connectivity index (χ4n) is 1.26. The molecule has 1 aromatic carbocycles. The van der Waals surface area contributed by atoms with Crippen molar-refractivity contribution in [3.63, 3.8) is 0 Å². The molecule has 7 nitrogen and oxygen atoms in total. The molecule has 0 saturated carbocycles. The summed E-state index contributed by atoms with van der Waals surface area (Å²) in [4.78, 5) is 0. The van der Waals surface area contributed by atoms with E-state index in [0.29, 0.717) is 11.7 Å². The van der Waals surface area contributed by atoms with Crippen LogP contribution >= 0.6 is 31.9 Å². The Kier molecular flexibility index (Phi) is 4.26. The summed E-state index contributed by atoms with van der Waals surface area (Å²) in [6, 6.07) is 3.77. The number of hydrogen-bond acceptors (Lipinski definition) is 6. The van der Waals surface area contributed by atoms with Crippen molar-refractivity contribution in [3.05, 3.63) is 26.6 Å². The first-order chi connectivity index (χ1) is 8.70. The van der Waals surface area contributed by atoms with Gasteiger partial charge in [0.2, 0.25) is 0 Å². The van der Waals surface area contributed by atoms with Crippen molar-refractivity contribution in [3.8, 4) is 5.75 Å². The predicted molar refractivity (Wildman–Crippen MR) is 73.8 cm³/mol. The van der Waals surface area contributed by atoms with Crippen LogP contribution in [-0.4, -0.2) is 33.9 Å². The van der Waals surface area contributed by atoms with E-state index in [1.54, 1.807) is 13.3 Å². The number of ether oxygens (including phenoxy) is 1. The zero-order valence-corrected chi connectivity index (χ0v) is 12.4. The molecular weight excluding hydrogens is 368 g/mol. The highest BCUT2D eigenvalue weighted by Crippen LogP contribution is 2.31. The lowest BCUT2D eigenvalue weighted by Gasteiger charge is -2.07. The van der Waals surface area contributed by atoms with E-state index in [4.69, 9.17) is 4.74 Å². The molecule has 0 spiro atoms. The largest absolute Gasteiger partial charge is 0.495 e. The number of aromatic amines is 1. The van der Waals surface area contributed by atoms with E-state index < -0.39 is 0 Å². The number of methoxy groups -OCH3 is 1. The molecule has 9 heteroatoms. The van der Waals surface area contributed by atoms with Crippen molar-refractivity contribution in [2.75, 3.05) is 12.5 Å². The van der Waals surface area contributed by atoms with E-state index >= 15 is 0 Å². The molecule has 0 amide bonds. The maximum atomic E-state index is 5.28. The van der Waals surface area contributed by atoms with Crippen molar-refractivity contribution >= 4 is 44.0 Å². The van der Waals surface area contributed by atoms with Gasteiger partial charge in [0, 0.05) is 10.0 Å². The second kappa shape index (κ2) is 5.91. The van der Waals surface area contributed by atoms with Crippen LogP contribution < -0.4 is 10.2 Å². The zero-order chi connectivity index (χ0) is 13.0. The molecule has 1 aromatic heterocycles. The van der Waals surface area contributed by atoms with Gasteiger partial charge in [-0.2, -0.15) is 10.3 Å². The van der Waals surface area contributed by atoms with Crippen LogP contribution in [-0.2, 0) is 0 Å². The summed E-state index contributed by atoms with van der Waals surface area (Å²) >= 11 is 6.81. The van der Waals surface area contributed by atoms with E-state index in [1.807, 2.05) is 12.1 Å². The zero-order valence-electron chi connectivity index (χ0n) is 9.19. The fraction of sp³-hybridized carbons (Fsp3) is 0.111. The summed E-state index contributed by atoms with van der Waals surface area (Å²) in [6.45, 7) is 0. The van der Waals surface area contributed by atoms with Gasteiger partial charge in [-0.25, -0.2) is 5.43 Å². The third-order valence-electron chi connectivity index (χ3n) is 1.95. The molecule has 0 aliphatic heterocycles. The number of benzene rings is 1. The monoisotopic (exact) mass is 374 g/mol. The molecule has 0 aliphatic carbocycles. The minimum Gasteiger partial charge on any atom is -0.495 e. The van der Waals surface area contributed by atoms with Crippen LogP contribution in [0.1, 0.15) is 5.56 Å². The molecule has 0 radical (unpaired) electrons. The number of nitrogens with zero attached hydrogens (tertiary/aromatic N) is 4. The molecule has 0 bridgehead atoms. The smallest absolute Gasteiger partial charge is 0.283 e. The molecule has 18 heavy (non-hydrogen) atoms. The molecule has 2 rings (SSSR count). The standard InChI is InChI=1S/C9H8Br2N6O/c1-18-8-5(2-6(10)3-7(8)11)4-12-13-9-14-16-17-15-9/h2-4H,1H3,(H2,13,14,15,16,17)/b12-4-. The Morgan fingerprint density at radius 2 is 2.28 bits per heavy atom. The van der Waals surface area contributed by atoms with Gasteiger partial charge in [0.25, 0.3) is 5.95 Å². The Balaban J connectivity index is 2.20. The summed E-state index contributed by atoms with van der Waals surface area (Å²) in [6.07, 6.45) is 1.60. The number of rotatable bonds is 4. The van der Waals surface area contributed by atoms with Gasteiger partial charge in [-0.05, 0) is 33.3 Å². The van der Waals surface area contributed by atoms with Crippen LogP contribution in [0.2, 0.25) is 0 Å². The Morgan fingerprint density at radius 3 is 2.94 bits per heavy atom. The molecule has 0 fully saturated rings. The van der Waals surface area contributed by atoms with Gasteiger partial charge in [-0.15, -0.1) is 5.10 Å². The Morgan fingerprint density at radius 1 is 1.44 bits per heavy atom. The van der Waals surface area contributed by atoms with E-state index in [-0.39, 0.29) is 0 Å². The van der Waals surface area contributed by atoms with Gasteiger partial charge in [0.05, 0.1) is 17.8 Å². The Hall–Kier alpha value is -1.48. The summed E-state index contributed by atoms with van der Waals surface area (Å²) in [7, 11) is 1.60. The summed E-state index contributed by atoms with van der Waals surface area (Å²) in [5.41, 5.74) is 3.43. The van der Waals surface area contributed by atoms with Crippen LogP contribution in [0, 0.1) is 0 Å². The SMILES string of the molecule is COc1c(Br)cc(Br)cc1/C=N\Nc1nn[nH]n1. The number of hydrazone groups is 1. The minimum absolute atomic E-state index is 0.291. The number of hydrogen-bond donors (Lipinski definition) is 2. The number of anilines is 1. The normalized spacial score (nSPS) is 10.8. The van der Waals surface area contributed by atoms with Crippen molar-refractivity contribution in [1.29, 1.82) is 0 Å². The number of halogens is 2. The molecule has 0 aliphatic rings. The van der Waals surface area contributed by atoms with E-state index in [1.165, 1.54) is 0 Å². The molecule has 2 aromatic rings. The number of H-pyrrole nitrogens is 1. The van der Waals surface area contributed by atoms with Crippen LogP contribution in [0.5, 0.6) is 5.75 Å². The highest BCUT2D eigenvalue weighted by molar-refractivity contribution is 9.11. The number of aromatic nitrogens is 4. The summed E-state index contributed by atoms with van der Waals surface area (Å²) in [5.74, 6) is 0.983. The van der Waals surface area contributed by atoms with Gasteiger partial charge < -0.3 is 4.74 Å². The van der Waals surface area contributed by atoms with Gasteiger partial charge in [-0.3, -0.25) is 0 Å². The van der Waals surface area contributed by atoms with Crippen molar-refractivity contribution in [1.82, 2.24) is 20.6 Å². The third kappa shape index (κ3) is 3.05. The topological polar surface area (TPSA) is 88.1 Å². The molecule has 94 valence electrons. The quantitative estimate of drug-likeness (QED) is 0.631. The van der Waals surface area contributed by atoms with E-state index in [9.17, 15) is 0 Å². The summed E-state index contributed by atoms with van der Waals surface area (Å²) in [5, 5.41) is 17.1. The number of nitrogens with one attached hydrogen (secondary N) is 2. The third-order valence-corrected chi connectivity index (χ3v) is 3.00. The number of tetrazole rings is 1. The fourth-order valence-corrected chi connectivity index (χ4v) is 2.68. The average molecular weight is 376 g/mol. The lowest BCUT2D eigenvalue weighted by molar-refractivity contribution is 0.411. The first kappa shape index (κ1) is 13.0. The van der Waals surface area contributed by atoms with Crippen molar-refractivity contribution in [2.45, 2.75) is 0 Å². The maximum Gasteiger partial charge on any atom is 0.283 e. The van der Waals surface area contributed by atoms with Crippen molar-refractivity contribution in [2.24, 2.45) is 5.10 Å². The molecular formula is C9H8Br2N6O. The molecule has 0 unspecified atom stereocenters. The van der Waals surface area contributed by atoms with Crippen molar-refractivity contribution < 1.29 is 4.74 Å². The van der Waals surface area contributed by atoms with Crippen LogP contribution in [0.25, 0.3) is 0 Å². The van der Waals surface area contributed by atoms with Crippen LogP contribution in [0.4, 0.5) is 5.95 Å². The van der Waals surface area contributed by atoms with Crippen LogP contribution in [0.15, 0.2) is 26.2 Å². The maximum absolute atomic E-state index is 5.28. The highest BCUT2D eigenvalue weighted by Gasteiger charge is 2.07. The minimum atomic E-state index is 0.291. The first-order valence-corrected chi connectivity index (χ1v) is 6.35. The van der Waals surface area contributed by atoms with Gasteiger partial charge in [-0.1, -0.05) is 21.0 Å². The van der Waals surface area contributed by atoms with Crippen LogP contribution in [0.3, 0.4) is 0 Å². The molecule has 0 atom stereocenters. The van der Waals surface area contributed by atoms with Gasteiger partial charge in [0.15, 0.2) is 0 Å². The van der Waals surface area contributed by atoms with Gasteiger partial charge >= 0.3 is 0 Å². The molecule has 0 saturated heterocycles. The highest BCUT2D eigenvalue weighted by atomic mass is 79.9.